The highest BCUT2D eigenvalue weighted by Gasteiger charge is 2.21. The quantitative estimate of drug-likeness (QED) is 0.696. The van der Waals surface area contributed by atoms with Gasteiger partial charge in [-0.1, -0.05) is 38.1 Å². The van der Waals surface area contributed by atoms with Crippen LogP contribution in [-0.4, -0.2) is 30.4 Å². The summed E-state index contributed by atoms with van der Waals surface area (Å²) >= 11 is 0. The fourth-order valence-electron chi connectivity index (χ4n) is 2.74. The minimum Gasteiger partial charge on any atom is -0.451 e. The van der Waals surface area contributed by atoms with Crippen molar-refractivity contribution < 1.29 is 23.5 Å². The van der Waals surface area contributed by atoms with Crippen molar-refractivity contribution in [3.63, 3.8) is 0 Å². The highest BCUT2D eigenvalue weighted by molar-refractivity contribution is 5.98. The van der Waals surface area contributed by atoms with E-state index in [0.717, 1.165) is 17.2 Å². The number of hydrogen-bond donors (Lipinski definition) is 2. The predicted molar refractivity (Wildman–Crippen MR) is 108 cm³/mol. The molecule has 29 heavy (non-hydrogen) atoms. The molecule has 2 aromatic rings. The Morgan fingerprint density at radius 2 is 1.76 bits per heavy atom. The summed E-state index contributed by atoms with van der Waals surface area (Å²) in [5.74, 6) is -2.19. The molecule has 0 fully saturated rings. The number of aryl methyl sites for hydroxylation is 1. The molecule has 0 saturated heterocycles. The van der Waals surface area contributed by atoms with E-state index in [1.807, 2.05) is 39.0 Å². The highest BCUT2D eigenvalue weighted by atomic mass is 19.1. The number of amides is 2. The van der Waals surface area contributed by atoms with Crippen LogP contribution in [0.1, 0.15) is 48.2 Å². The van der Waals surface area contributed by atoms with E-state index in [4.69, 9.17) is 4.74 Å². The first-order chi connectivity index (χ1) is 13.7. The van der Waals surface area contributed by atoms with Crippen LogP contribution in [0.25, 0.3) is 0 Å². The molecular formula is C22H25FN2O4. The van der Waals surface area contributed by atoms with Gasteiger partial charge in [0, 0.05) is 11.3 Å². The molecule has 0 aliphatic rings. The Hall–Kier alpha value is -3.22. The molecule has 0 saturated carbocycles. The second-order valence-electron chi connectivity index (χ2n) is 7.01. The second kappa shape index (κ2) is 9.82. The molecule has 0 unspecified atom stereocenters. The van der Waals surface area contributed by atoms with Gasteiger partial charge < -0.3 is 15.4 Å². The van der Waals surface area contributed by atoms with Gasteiger partial charge in [-0.3, -0.25) is 14.4 Å². The zero-order chi connectivity index (χ0) is 21.6. The Kier molecular flexibility index (Phi) is 7.47. The average Bonchev–Trinajstić information content (AvgIpc) is 2.67. The number of rotatable bonds is 7. The molecular weight excluding hydrogens is 375 g/mol. The number of para-hydroxylation sites is 1. The van der Waals surface area contributed by atoms with Crippen molar-refractivity contribution in [1.29, 1.82) is 0 Å². The number of benzene rings is 2. The fraction of sp³-hybridized carbons (Fsp3) is 0.318. The molecule has 2 amide bonds. The summed E-state index contributed by atoms with van der Waals surface area (Å²) in [7, 11) is 0. The summed E-state index contributed by atoms with van der Waals surface area (Å²) < 4.78 is 18.3. The predicted octanol–water partition coefficient (Wildman–Crippen LogP) is 3.56. The molecule has 0 radical (unpaired) electrons. The van der Waals surface area contributed by atoms with Gasteiger partial charge in [0.05, 0.1) is 0 Å². The van der Waals surface area contributed by atoms with E-state index < -0.39 is 36.2 Å². The molecule has 0 aromatic heterocycles. The topological polar surface area (TPSA) is 84.5 Å². The molecule has 2 N–H and O–H groups in total. The third-order valence-corrected chi connectivity index (χ3v) is 4.33. The summed E-state index contributed by atoms with van der Waals surface area (Å²) in [5, 5.41) is 5.16. The van der Waals surface area contributed by atoms with Crippen molar-refractivity contribution in [2.24, 2.45) is 0 Å². The first-order valence-electron chi connectivity index (χ1n) is 9.32. The SMILES string of the molecule is Cc1cccc(C(C)C)c1NC(=O)[C@@H](C)OC(=O)CNC(=O)c1cccc(F)c1. The number of carbonyl (C=O) groups is 3. The van der Waals surface area contributed by atoms with E-state index in [1.165, 1.54) is 25.1 Å². The largest absolute Gasteiger partial charge is 0.451 e. The Labute approximate surface area is 169 Å². The normalized spacial score (nSPS) is 11.7. The lowest BCUT2D eigenvalue weighted by Gasteiger charge is -2.19. The maximum Gasteiger partial charge on any atom is 0.326 e. The van der Waals surface area contributed by atoms with Gasteiger partial charge in [-0.05, 0) is 49.1 Å². The van der Waals surface area contributed by atoms with Crippen LogP contribution in [0.5, 0.6) is 0 Å². The molecule has 7 heteroatoms. The van der Waals surface area contributed by atoms with Crippen LogP contribution < -0.4 is 10.6 Å². The molecule has 2 rings (SSSR count). The summed E-state index contributed by atoms with van der Waals surface area (Å²) in [4.78, 5) is 36.4. The molecule has 0 heterocycles. The Balaban J connectivity index is 1.91. The summed E-state index contributed by atoms with van der Waals surface area (Å²) in [6, 6.07) is 10.8. The van der Waals surface area contributed by atoms with E-state index >= 15 is 0 Å². The molecule has 0 aliphatic carbocycles. The van der Waals surface area contributed by atoms with Gasteiger partial charge in [0.25, 0.3) is 11.8 Å². The Bertz CT molecular complexity index is 911. The van der Waals surface area contributed by atoms with Crippen LogP contribution in [0.2, 0.25) is 0 Å². The zero-order valence-corrected chi connectivity index (χ0v) is 16.9. The standard InChI is InChI=1S/C22H25FN2O4/c1-13(2)18-10-5-7-14(3)20(18)25-21(27)15(4)29-19(26)12-24-22(28)16-8-6-9-17(23)11-16/h5-11,13,15H,12H2,1-4H3,(H,24,28)(H,25,27)/t15-/m1/s1. The minimum absolute atomic E-state index is 0.0874. The highest BCUT2D eigenvalue weighted by Crippen LogP contribution is 2.27. The number of anilines is 1. The average molecular weight is 400 g/mol. The monoisotopic (exact) mass is 400 g/mol. The Morgan fingerprint density at radius 3 is 2.41 bits per heavy atom. The summed E-state index contributed by atoms with van der Waals surface area (Å²) in [5.41, 5.74) is 2.68. The number of ether oxygens (including phenoxy) is 1. The van der Waals surface area contributed by atoms with Gasteiger partial charge in [0.2, 0.25) is 0 Å². The van der Waals surface area contributed by atoms with E-state index in [0.29, 0.717) is 5.69 Å². The number of hydrogen-bond acceptors (Lipinski definition) is 4. The maximum atomic E-state index is 13.2. The van der Waals surface area contributed by atoms with Crippen LogP contribution in [-0.2, 0) is 14.3 Å². The summed E-state index contributed by atoms with van der Waals surface area (Å²) in [6.45, 7) is 6.95. The first kappa shape index (κ1) is 22.1. The van der Waals surface area contributed by atoms with Crippen LogP contribution in [0.3, 0.4) is 0 Å². The molecule has 0 bridgehead atoms. The Morgan fingerprint density at radius 1 is 1.07 bits per heavy atom. The molecule has 2 aromatic carbocycles. The van der Waals surface area contributed by atoms with Gasteiger partial charge in [-0.25, -0.2) is 4.39 Å². The van der Waals surface area contributed by atoms with Gasteiger partial charge in [-0.15, -0.1) is 0 Å². The molecule has 1 atom stereocenters. The van der Waals surface area contributed by atoms with Crippen molar-refractivity contribution in [3.8, 4) is 0 Å². The lowest BCUT2D eigenvalue weighted by molar-refractivity contribution is -0.152. The second-order valence-corrected chi connectivity index (χ2v) is 7.01. The number of carbonyl (C=O) groups excluding carboxylic acids is 3. The van der Waals surface area contributed by atoms with E-state index in [-0.39, 0.29) is 11.5 Å². The van der Waals surface area contributed by atoms with Gasteiger partial charge in [-0.2, -0.15) is 0 Å². The lowest BCUT2D eigenvalue weighted by atomic mass is 9.98. The molecule has 6 nitrogen and oxygen atoms in total. The van der Waals surface area contributed by atoms with Crippen LogP contribution in [0, 0.1) is 12.7 Å². The van der Waals surface area contributed by atoms with Crippen LogP contribution in [0.4, 0.5) is 10.1 Å². The minimum atomic E-state index is -1.05. The number of halogens is 1. The fourth-order valence-corrected chi connectivity index (χ4v) is 2.74. The van der Waals surface area contributed by atoms with Crippen molar-refractivity contribution in [2.75, 3.05) is 11.9 Å². The van der Waals surface area contributed by atoms with Crippen molar-refractivity contribution in [2.45, 2.75) is 39.7 Å². The number of nitrogens with one attached hydrogen (secondary N) is 2. The van der Waals surface area contributed by atoms with Crippen molar-refractivity contribution in [1.82, 2.24) is 5.32 Å². The zero-order valence-electron chi connectivity index (χ0n) is 16.9. The van der Waals surface area contributed by atoms with Crippen molar-refractivity contribution in [3.05, 3.63) is 65.0 Å². The molecule has 0 aliphatic heterocycles. The van der Waals surface area contributed by atoms with Gasteiger partial charge in [0.15, 0.2) is 6.10 Å². The van der Waals surface area contributed by atoms with Crippen LogP contribution >= 0.6 is 0 Å². The van der Waals surface area contributed by atoms with Crippen molar-refractivity contribution >= 4 is 23.5 Å². The van der Waals surface area contributed by atoms with E-state index in [9.17, 15) is 18.8 Å². The maximum absolute atomic E-state index is 13.2. The third kappa shape index (κ3) is 6.14. The smallest absolute Gasteiger partial charge is 0.326 e. The third-order valence-electron chi connectivity index (χ3n) is 4.33. The molecule has 0 spiro atoms. The van der Waals surface area contributed by atoms with E-state index in [1.54, 1.807) is 0 Å². The van der Waals surface area contributed by atoms with Crippen LogP contribution in [0.15, 0.2) is 42.5 Å². The van der Waals surface area contributed by atoms with E-state index in [2.05, 4.69) is 10.6 Å². The lowest BCUT2D eigenvalue weighted by Crippen LogP contribution is -2.36. The summed E-state index contributed by atoms with van der Waals surface area (Å²) in [6.07, 6.45) is -1.05. The number of esters is 1. The first-order valence-corrected chi connectivity index (χ1v) is 9.32. The molecule has 154 valence electrons. The van der Waals surface area contributed by atoms with Gasteiger partial charge >= 0.3 is 5.97 Å². The van der Waals surface area contributed by atoms with Gasteiger partial charge in [0.1, 0.15) is 12.4 Å².